The summed E-state index contributed by atoms with van der Waals surface area (Å²) in [6, 6.07) is 14.1. The van der Waals surface area contributed by atoms with Crippen LogP contribution in [0.1, 0.15) is 5.56 Å². The molecule has 0 aliphatic carbocycles. The van der Waals surface area contributed by atoms with Crippen LogP contribution in [0.4, 0.5) is 5.82 Å². The van der Waals surface area contributed by atoms with Crippen LogP contribution in [-0.4, -0.2) is 36.1 Å². The maximum atomic E-state index is 4.50. The van der Waals surface area contributed by atoms with Crippen molar-refractivity contribution in [3.8, 4) is 11.8 Å². The molecule has 0 amide bonds. The lowest BCUT2D eigenvalue weighted by atomic mass is 10.2. The van der Waals surface area contributed by atoms with Crippen molar-refractivity contribution in [2.45, 2.75) is 0 Å². The van der Waals surface area contributed by atoms with Crippen LogP contribution in [0.15, 0.2) is 60.9 Å². The minimum Gasteiger partial charge on any atom is -0.362 e. The molecule has 4 heteroatoms. The molecule has 1 aliphatic heterocycles. The Morgan fingerprint density at radius 1 is 1.04 bits per heavy atom. The lowest BCUT2D eigenvalue weighted by molar-refractivity contribution is 0.333. The fraction of sp³-hybridized carbons (Fsp3) is 0.211. The minimum atomic E-state index is 0.893. The summed E-state index contributed by atoms with van der Waals surface area (Å²) in [5.74, 6) is 7.43. The number of allylic oxidation sites excluding steroid dienone is 1. The number of halogens is 1. The number of benzene rings is 1. The van der Waals surface area contributed by atoms with E-state index in [0.29, 0.717) is 0 Å². The van der Waals surface area contributed by atoms with Gasteiger partial charge in [-0.3, -0.25) is 0 Å². The summed E-state index contributed by atoms with van der Waals surface area (Å²) in [5.41, 5.74) is 1.92. The summed E-state index contributed by atoms with van der Waals surface area (Å²) in [6.07, 6.45) is 1.86. The van der Waals surface area contributed by atoms with Crippen LogP contribution in [0.2, 0.25) is 0 Å². The first kappa shape index (κ1) is 15.9. The van der Waals surface area contributed by atoms with Crippen molar-refractivity contribution in [2.75, 3.05) is 31.1 Å². The first-order chi connectivity index (χ1) is 11.2. The zero-order chi connectivity index (χ0) is 16.1. The second kappa shape index (κ2) is 7.51. The summed E-state index contributed by atoms with van der Waals surface area (Å²) < 4.78 is 1.20. The average molecular weight is 415 g/mol. The van der Waals surface area contributed by atoms with Crippen molar-refractivity contribution >= 4 is 28.4 Å². The van der Waals surface area contributed by atoms with Gasteiger partial charge in [-0.15, -0.1) is 0 Å². The van der Waals surface area contributed by atoms with Gasteiger partial charge in [0.25, 0.3) is 0 Å². The summed E-state index contributed by atoms with van der Waals surface area (Å²) in [4.78, 5) is 9.08. The molecule has 1 aliphatic rings. The third kappa shape index (κ3) is 4.05. The van der Waals surface area contributed by atoms with Gasteiger partial charge in [0, 0.05) is 37.9 Å². The van der Waals surface area contributed by atoms with Gasteiger partial charge in [0.2, 0.25) is 0 Å². The molecule has 0 atom stereocenters. The molecule has 0 N–H and O–H groups in total. The van der Waals surface area contributed by atoms with E-state index in [2.05, 4.69) is 61.9 Å². The van der Waals surface area contributed by atoms with Gasteiger partial charge in [-0.25, -0.2) is 4.98 Å². The van der Waals surface area contributed by atoms with Crippen LogP contribution in [-0.2, 0) is 0 Å². The van der Waals surface area contributed by atoms with E-state index >= 15 is 0 Å². The second-order valence-corrected chi connectivity index (χ2v) is 6.51. The predicted molar refractivity (Wildman–Crippen MR) is 103 cm³/mol. The minimum absolute atomic E-state index is 0.893. The van der Waals surface area contributed by atoms with Crippen LogP contribution >= 0.6 is 22.6 Å². The Bertz CT molecular complexity index is 738. The van der Waals surface area contributed by atoms with E-state index < -0.39 is 0 Å². The van der Waals surface area contributed by atoms with E-state index in [0.717, 1.165) is 43.3 Å². The maximum Gasteiger partial charge on any atom is 0.142 e. The average Bonchev–Trinajstić information content (AvgIpc) is 2.61. The molecule has 23 heavy (non-hydrogen) atoms. The topological polar surface area (TPSA) is 19.4 Å². The number of hydrogen-bond acceptors (Lipinski definition) is 3. The Morgan fingerprint density at radius 2 is 1.78 bits per heavy atom. The highest BCUT2D eigenvalue weighted by molar-refractivity contribution is 14.1. The molecule has 2 aromatic rings. The van der Waals surface area contributed by atoms with Crippen molar-refractivity contribution < 1.29 is 0 Å². The first-order valence-corrected chi connectivity index (χ1v) is 8.68. The Hall–Kier alpha value is -2.00. The number of anilines is 1. The van der Waals surface area contributed by atoms with E-state index in [1.54, 1.807) is 0 Å². The molecule has 0 unspecified atom stereocenters. The van der Waals surface area contributed by atoms with Gasteiger partial charge >= 0.3 is 0 Å². The number of piperazine rings is 1. The molecule has 3 nitrogen and oxygen atoms in total. The zero-order valence-corrected chi connectivity index (χ0v) is 15.0. The molecular formula is C19H18IN3. The van der Waals surface area contributed by atoms with Crippen LogP contribution in [0.25, 0.3) is 0 Å². The molecule has 0 saturated carbocycles. The van der Waals surface area contributed by atoms with Gasteiger partial charge < -0.3 is 9.80 Å². The van der Waals surface area contributed by atoms with Crippen LogP contribution in [0.5, 0.6) is 0 Å². The molecule has 1 aromatic heterocycles. The molecule has 0 spiro atoms. The van der Waals surface area contributed by atoms with Gasteiger partial charge in [-0.2, -0.15) is 0 Å². The number of rotatable bonds is 2. The fourth-order valence-corrected chi connectivity index (χ4v) is 3.23. The third-order valence-electron chi connectivity index (χ3n) is 3.82. The second-order valence-electron chi connectivity index (χ2n) is 5.35. The van der Waals surface area contributed by atoms with Crippen molar-refractivity contribution in [1.82, 2.24) is 9.88 Å². The van der Waals surface area contributed by atoms with Crippen LogP contribution in [0, 0.1) is 15.4 Å². The molecule has 1 saturated heterocycles. The van der Waals surface area contributed by atoms with E-state index in [1.165, 1.54) is 3.57 Å². The SMILES string of the molecule is C=C(C#Cc1ccccc1)N1CCN(c2ncccc2I)CC1. The smallest absolute Gasteiger partial charge is 0.142 e. The molecule has 1 aromatic carbocycles. The van der Waals surface area contributed by atoms with Crippen molar-refractivity contribution in [3.05, 3.63) is 70.1 Å². The van der Waals surface area contributed by atoms with Crippen LogP contribution in [0.3, 0.4) is 0 Å². The number of nitrogens with zero attached hydrogens (tertiary/aromatic N) is 3. The fourth-order valence-electron chi connectivity index (χ4n) is 2.54. The predicted octanol–water partition coefficient (Wildman–Crippen LogP) is 3.37. The zero-order valence-electron chi connectivity index (χ0n) is 12.9. The normalized spacial score (nSPS) is 14.1. The Labute approximate surface area is 151 Å². The maximum absolute atomic E-state index is 4.50. The molecule has 1 fully saturated rings. The Kier molecular flexibility index (Phi) is 5.19. The van der Waals surface area contributed by atoms with E-state index in [-0.39, 0.29) is 0 Å². The lowest BCUT2D eigenvalue weighted by Crippen LogP contribution is -2.46. The van der Waals surface area contributed by atoms with Crippen molar-refractivity contribution in [1.29, 1.82) is 0 Å². The van der Waals surface area contributed by atoms with Gasteiger partial charge in [-0.05, 0) is 52.8 Å². The van der Waals surface area contributed by atoms with Gasteiger partial charge in [0.05, 0.1) is 9.27 Å². The summed E-state index contributed by atoms with van der Waals surface area (Å²) in [6.45, 7) is 7.86. The first-order valence-electron chi connectivity index (χ1n) is 7.60. The van der Waals surface area contributed by atoms with Crippen molar-refractivity contribution in [2.24, 2.45) is 0 Å². The highest BCUT2D eigenvalue weighted by Gasteiger charge is 2.19. The van der Waals surface area contributed by atoms with Gasteiger partial charge in [-0.1, -0.05) is 30.7 Å². The van der Waals surface area contributed by atoms with Crippen LogP contribution < -0.4 is 4.90 Å². The van der Waals surface area contributed by atoms with E-state index in [4.69, 9.17) is 0 Å². The van der Waals surface area contributed by atoms with Crippen molar-refractivity contribution in [3.63, 3.8) is 0 Å². The van der Waals surface area contributed by atoms with E-state index in [1.807, 2.05) is 42.6 Å². The molecule has 116 valence electrons. The number of aromatic nitrogens is 1. The molecule has 0 radical (unpaired) electrons. The summed E-state index contributed by atoms with van der Waals surface area (Å²) in [7, 11) is 0. The van der Waals surface area contributed by atoms with Gasteiger partial charge in [0.15, 0.2) is 0 Å². The Morgan fingerprint density at radius 3 is 2.48 bits per heavy atom. The van der Waals surface area contributed by atoms with Gasteiger partial charge in [0.1, 0.15) is 5.82 Å². The quantitative estimate of drug-likeness (QED) is 0.554. The largest absolute Gasteiger partial charge is 0.362 e. The van der Waals surface area contributed by atoms with E-state index in [9.17, 15) is 0 Å². The highest BCUT2D eigenvalue weighted by atomic mass is 127. The molecule has 3 rings (SSSR count). The number of pyridine rings is 1. The summed E-state index contributed by atoms with van der Waals surface area (Å²) >= 11 is 2.34. The number of hydrogen-bond donors (Lipinski definition) is 0. The third-order valence-corrected chi connectivity index (χ3v) is 4.67. The molecular weight excluding hydrogens is 397 g/mol. The molecule has 2 heterocycles. The standard InChI is InChI=1S/C19H18IN3/c1-16(9-10-17-6-3-2-4-7-17)22-12-14-23(15-13-22)19-18(20)8-5-11-21-19/h2-8,11H,1,12-15H2. The molecule has 0 bridgehead atoms. The monoisotopic (exact) mass is 415 g/mol. The summed E-state index contributed by atoms with van der Waals surface area (Å²) in [5, 5.41) is 0. The highest BCUT2D eigenvalue weighted by Crippen LogP contribution is 2.21. The Balaban J connectivity index is 1.60. The lowest BCUT2D eigenvalue weighted by Gasteiger charge is -2.36.